The summed E-state index contributed by atoms with van der Waals surface area (Å²) in [6.07, 6.45) is 0. The van der Waals surface area contributed by atoms with Crippen LogP contribution in [0.2, 0.25) is 0 Å². The number of benzene rings is 10. The molecule has 0 spiro atoms. The molecule has 0 unspecified atom stereocenters. The molecule has 0 heterocycles. The third-order valence-corrected chi connectivity index (χ3v) is 11.7. The van der Waals surface area contributed by atoms with E-state index in [1.165, 1.54) is 98.7 Å². The molecule has 0 amide bonds. The smallest absolute Gasteiger partial charge is 0.0622 e. The Morgan fingerprint density at radius 2 is 0.774 bits per heavy atom. The van der Waals surface area contributed by atoms with Crippen LogP contribution in [0.5, 0.6) is 0 Å². The van der Waals surface area contributed by atoms with Crippen molar-refractivity contribution >= 4 is 43.1 Å². The summed E-state index contributed by atoms with van der Waals surface area (Å²) in [6.45, 7) is 0. The minimum atomic E-state index is -0.450. The largest absolute Gasteiger partial charge is 0.0713 e. The first-order valence-corrected chi connectivity index (χ1v) is 18.5. The Kier molecular flexibility index (Phi) is 6.57. The van der Waals surface area contributed by atoms with Gasteiger partial charge in [-0.1, -0.05) is 188 Å². The van der Waals surface area contributed by atoms with E-state index in [-0.39, 0.29) is 0 Å². The minimum absolute atomic E-state index is 0.450. The van der Waals surface area contributed by atoms with Crippen molar-refractivity contribution in [3.8, 4) is 33.4 Å². The van der Waals surface area contributed by atoms with Crippen molar-refractivity contribution in [2.75, 3.05) is 0 Å². The lowest BCUT2D eigenvalue weighted by molar-refractivity contribution is 0.769. The Bertz CT molecular complexity index is 3000. The van der Waals surface area contributed by atoms with Gasteiger partial charge in [0, 0.05) is 0 Å². The van der Waals surface area contributed by atoms with Crippen LogP contribution < -0.4 is 0 Å². The lowest BCUT2D eigenvalue weighted by atomic mass is 9.67. The van der Waals surface area contributed by atoms with Gasteiger partial charge in [-0.05, 0) is 117 Å². The first-order chi connectivity index (χ1) is 26.3. The molecule has 0 saturated heterocycles. The number of hydrogen-bond donors (Lipinski definition) is 0. The molecule has 11 rings (SSSR count). The van der Waals surface area contributed by atoms with Gasteiger partial charge in [0.05, 0.1) is 5.41 Å². The number of rotatable bonds is 4. The Balaban J connectivity index is 1.23. The molecule has 0 fully saturated rings. The number of fused-ring (bicyclic) bond motifs is 9. The van der Waals surface area contributed by atoms with Crippen LogP contribution in [0.4, 0.5) is 0 Å². The predicted octanol–water partition coefficient (Wildman–Crippen LogP) is 14.0. The highest BCUT2D eigenvalue weighted by Gasteiger charge is 2.46. The van der Waals surface area contributed by atoms with Crippen molar-refractivity contribution in [1.82, 2.24) is 0 Å². The van der Waals surface area contributed by atoms with Gasteiger partial charge in [-0.15, -0.1) is 0 Å². The van der Waals surface area contributed by atoms with E-state index in [2.05, 4.69) is 206 Å². The summed E-state index contributed by atoms with van der Waals surface area (Å²) in [5.41, 5.74) is 12.4. The second-order valence-electron chi connectivity index (χ2n) is 14.4. The van der Waals surface area contributed by atoms with Gasteiger partial charge in [0.2, 0.25) is 0 Å². The lowest BCUT2D eigenvalue weighted by Gasteiger charge is -2.34. The molecule has 0 radical (unpaired) electrons. The highest BCUT2D eigenvalue weighted by molar-refractivity contribution is 6.26. The van der Waals surface area contributed by atoms with Crippen LogP contribution in [0.1, 0.15) is 22.3 Å². The molecule has 0 aliphatic heterocycles. The van der Waals surface area contributed by atoms with Crippen molar-refractivity contribution in [2.45, 2.75) is 5.41 Å². The zero-order valence-electron chi connectivity index (χ0n) is 29.1. The minimum Gasteiger partial charge on any atom is -0.0622 e. The van der Waals surface area contributed by atoms with E-state index in [1.807, 2.05) is 0 Å². The zero-order chi connectivity index (χ0) is 34.9. The monoisotopic (exact) mass is 670 g/mol. The summed E-state index contributed by atoms with van der Waals surface area (Å²) in [5, 5.41) is 10.2. The average molecular weight is 671 g/mol. The normalized spacial score (nSPS) is 13.1. The molecule has 0 bridgehead atoms. The molecule has 246 valence electrons. The van der Waals surface area contributed by atoms with E-state index in [0.29, 0.717) is 0 Å². The highest BCUT2D eigenvalue weighted by Crippen LogP contribution is 2.57. The molecule has 1 aliphatic carbocycles. The van der Waals surface area contributed by atoms with Crippen molar-refractivity contribution in [3.63, 3.8) is 0 Å². The maximum Gasteiger partial charge on any atom is 0.0713 e. The molecular weight excluding hydrogens is 637 g/mol. The van der Waals surface area contributed by atoms with E-state index >= 15 is 0 Å². The van der Waals surface area contributed by atoms with Gasteiger partial charge in [-0.25, -0.2) is 0 Å². The second-order valence-corrected chi connectivity index (χ2v) is 14.4. The van der Waals surface area contributed by atoms with Crippen LogP contribution in [-0.4, -0.2) is 0 Å². The second kappa shape index (κ2) is 11.6. The van der Waals surface area contributed by atoms with E-state index < -0.39 is 5.41 Å². The summed E-state index contributed by atoms with van der Waals surface area (Å²) in [6, 6.07) is 76.7. The van der Waals surface area contributed by atoms with Crippen LogP contribution in [-0.2, 0) is 5.41 Å². The molecule has 0 N–H and O–H groups in total. The first-order valence-electron chi connectivity index (χ1n) is 18.5. The SMILES string of the molecule is c1ccc(C2(c3ccccc3)c3ccccc3-c3ccc(-c4cc5cc(-c6cccc7ccccc67)c6ccccc6c5c5ccccc45)cc32)cc1. The zero-order valence-corrected chi connectivity index (χ0v) is 29.1. The summed E-state index contributed by atoms with van der Waals surface area (Å²) >= 11 is 0. The molecule has 1 aliphatic rings. The van der Waals surface area contributed by atoms with Gasteiger partial charge in [-0.3, -0.25) is 0 Å². The third-order valence-electron chi connectivity index (χ3n) is 11.7. The lowest BCUT2D eigenvalue weighted by Crippen LogP contribution is -2.28. The Morgan fingerprint density at radius 3 is 1.49 bits per heavy atom. The van der Waals surface area contributed by atoms with Gasteiger partial charge in [0.1, 0.15) is 0 Å². The van der Waals surface area contributed by atoms with Crippen molar-refractivity contribution < 1.29 is 0 Å². The quantitative estimate of drug-likeness (QED) is 0.164. The highest BCUT2D eigenvalue weighted by atomic mass is 14.5. The van der Waals surface area contributed by atoms with Crippen LogP contribution >= 0.6 is 0 Å². The standard InChI is InChI=1S/C53H34/c1-3-18-38(19-4-1)53(39-20-5-2-6-21-39)50-29-14-13-25-44(50)45-31-30-36(34-51(45)53)48-32-37-33-49(41-28-15-17-35-16-7-8-22-40(35)41)43-24-10-12-27-47(43)52(37)46-26-11-9-23-42(46)48/h1-34H. The Hall–Kier alpha value is -6.76. The molecule has 53 heavy (non-hydrogen) atoms. The van der Waals surface area contributed by atoms with E-state index in [4.69, 9.17) is 0 Å². The van der Waals surface area contributed by atoms with Crippen molar-refractivity contribution in [2.24, 2.45) is 0 Å². The topological polar surface area (TPSA) is 0 Å². The fourth-order valence-electron chi connectivity index (χ4n) is 9.51. The first kappa shape index (κ1) is 29.9. The molecule has 10 aromatic carbocycles. The predicted molar refractivity (Wildman–Crippen MR) is 225 cm³/mol. The molecule has 0 nitrogen and oxygen atoms in total. The van der Waals surface area contributed by atoms with Gasteiger partial charge >= 0.3 is 0 Å². The molecule has 10 aromatic rings. The van der Waals surface area contributed by atoms with E-state index in [0.717, 1.165) is 0 Å². The molecule has 0 heteroatoms. The molecule has 0 atom stereocenters. The van der Waals surface area contributed by atoms with Gasteiger partial charge in [0.25, 0.3) is 0 Å². The van der Waals surface area contributed by atoms with E-state index in [1.54, 1.807) is 0 Å². The summed E-state index contributed by atoms with van der Waals surface area (Å²) in [5.74, 6) is 0. The van der Waals surface area contributed by atoms with Gasteiger partial charge in [-0.2, -0.15) is 0 Å². The molecule has 0 aromatic heterocycles. The third kappa shape index (κ3) is 4.30. The maximum atomic E-state index is 2.50. The fourth-order valence-corrected chi connectivity index (χ4v) is 9.51. The van der Waals surface area contributed by atoms with E-state index in [9.17, 15) is 0 Å². The van der Waals surface area contributed by atoms with Gasteiger partial charge in [0.15, 0.2) is 0 Å². The van der Waals surface area contributed by atoms with Gasteiger partial charge < -0.3 is 0 Å². The summed E-state index contributed by atoms with van der Waals surface area (Å²) in [7, 11) is 0. The fraction of sp³-hybridized carbons (Fsp3) is 0.0189. The molecular formula is C53H34. The molecule has 0 saturated carbocycles. The van der Waals surface area contributed by atoms with Crippen LogP contribution in [0, 0.1) is 0 Å². The van der Waals surface area contributed by atoms with Crippen LogP contribution in [0.25, 0.3) is 76.5 Å². The van der Waals surface area contributed by atoms with Crippen LogP contribution in [0.15, 0.2) is 206 Å². The Labute approximate surface area is 309 Å². The van der Waals surface area contributed by atoms with Crippen LogP contribution in [0.3, 0.4) is 0 Å². The maximum absolute atomic E-state index is 2.50. The van der Waals surface area contributed by atoms with Crippen molar-refractivity contribution in [1.29, 1.82) is 0 Å². The number of hydrogen-bond acceptors (Lipinski definition) is 0. The summed E-state index contributed by atoms with van der Waals surface area (Å²) in [4.78, 5) is 0. The summed E-state index contributed by atoms with van der Waals surface area (Å²) < 4.78 is 0. The Morgan fingerprint density at radius 1 is 0.264 bits per heavy atom. The van der Waals surface area contributed by atoms with Crippen molar-refractivity contribution in [3.05, 3.63) is 229 Å². The average Bonchev–Trinajstić information content (AvgIpc) is 3.54.